The van der Waals surface area contributed by atoms with Crippen LogP contribution >= 0.6 is 0 Å². The largest absolute Gasteiger partial charge is 0.471 e. The number of hydrogen-bond donors (Lipinski definition) is 1. The fraction of sp³-hybridized carbons (Fsp3) is 0.429. The first-order valence-electron chi connectivity index (χ1n) is 6.45. The lowest BCUT2D eigenvalue weighted by Crippen LogP contribution is -2.48. The number of nitrogens with one attached hydrogen (secondary N) is 1. The lowest BCUT2D eigenvalue weighted by atomic mass is 9.94. The minimum atomic E-state index is -4.87. The Kier molecular flexibility index (Phi) is 3.93. The number of anilines is 1. The zero-order chi connectivity index (χ0) is 15.8. The minimum absolute atomic E-state index is 0.109. The van der Waals surface area contributed by atoms with Gasteiger partial charge in [0.05, 0.1) is 0 Å². The third kappa shape index (κ3) is 3.34. The van der Waals surface area contributed by atoms with E-state index < -0.39 is 18.1 Å². The van der Waals surface area contributed by atoms with E-state index in [0.29, 0.717) is 17.7 Å². The molecule has 7 heteroatoms. The second-order valence-corrected chi connectivity index (χ2v) is 5.15. The Bertz CT molecular complexity index is 584. The molecule has 1 atom stereocenters. The van der Waals surface area contributed by atoms with Crippen LogP contribution in [-0.2, 0) is 22.6 Å². The van der Waals surface area contributed by atoms with Gasteiger partial charge in [-0.25, -0.2) is 0 Å². The predicted molar refractivity (Wildman–Crippen MR) is 70.5 cm³/mol. The first-order valence-corrected chi connectivity index (χ1v) is 6.45. The summed E-state index contributed by atoms with van der Waals surface area (Å²) in [7, 11) is 0. The summed E-state index contributed by atoms with van der Waals surface area (Å²) in [6.07, 6.45) is -4.52. The predicted octanol–water partition coefficient (Wildman–Crippen LogP) is 2.48. The van der Waals surface area contributed by atoms with Crippen LogP contribution in [0.2, 0.25) is 0 Å². The number of amides is 2. The maximum absolute atomic E-state index is 12.6. The second-order valence-electron chi connectivity index (χ2n) is 5.15. The fourth-order valence-corrected chi connectivity index (χ4v) is 2.46. The number of rotatable bonds is 1. The highest BCUT2D eigenvalue weighted by molar-refractivity contribution is 5.89. The summed E-state index contributed by atoms with van der Waals surface area (Å²) in [6.45, 7) is 2.83. The average Bonchev–Trinajstić information content (AvgIpc) is 2.35. The molecule has 4 nitrogen and oxygen atoms in total. The molecule has 0 radical (unpaired) electrons. The van der Waals surface area contributed by atoms with Gasteiger partial charge in [0.25, 0.3) is 0 Å². The van der Waals surface area contributed by atoms with E-state index in [-0.39, 0.29) is 12.5 Å². The molecular weight excluding hydrogens is 285 g/mol. The molecule has 1 unspecified atom stereocenters. The van der Waals surface area contributed by atoms with Crippen molar-refractivity contribution in [2.24, 2.45) is 0 Å². The number of fused-ring (bicyclic) bond motifs is 1. The number of nitrogens with zero attached hydrogens (tertiary/aromatic N) is 1. The molecular formula is C14H15F3N2O2. The molecule has 0 aromatic heterocycles. The van der Waals surface area contributed by atoms with E-state index in [1.54, 1.807) is 25.1 Å². The van der Waals surface area contributed by atoms with Crippen molar-refractivity contribution >= 4 is 17.5 Å². The molecule has 1 N–H and O–H groups in total. The second kappa shape index (κ2) is 5.38. The van der Waals surface area contributed by atoms with Gasteiger partial charge in [0.15, 0.2) is 0 Å². The van der Waals surface area contributed by atoms with E-state index in [0.717, 1.165) is 10.5 Å². The molecule has 114 valence electrons. The van der Waals surface area contributed by atoms with Crippen LogP contribution < -0.4 is 5.32 Å². The molecule has 1 heterocycles. The van der Waals surface area contributed by atoms with Crippen LogP contribution in [0.5, 0.6) is 0 Å². The molecule has 0 aliphatic carbocycles. The molecule has 0 saturated carbocycles. The highest BCUT2D eigenvalue weighted by Gasteiger charge is 2.44. The van der Waals surface area contributed by atoms with Gasteiger partial charge in [-0.1, -0.05) is 6.07 Å². The van der Waals surface area contributed by atoms with Crippen molar-refractivity contribution in [1.82, 2.24) is 4.90 Å². The molecule has 1 aromatic rings. The summed E-state index contributed by atoms with van der Waals surface area (Å²) in [5.74, 6) is -2.09. The van der Waals surface area contributed by atoms with Crippen molar-refractivity contribution < 1.29 is 22.8 Å². The van der Waals surface area contributed by atoms with Gasteiger partial charge < -0.3 is 10.2 Å². The number of alkyl halides is 3. The third-order valence-corrected chi connectivity index (χ3v) is 3.42. The van der Waals surface area contributed by atoms with Crippen LogP contribution in [0.4, 0.5) is 18.9 Å². The molecule has 0 spiro atoms. The fourth-order valence-electron chi connectivity index (χ4n) is 2.46. The molecule has 1 aliphatic heterocycles. The van der Waals surface area contributed by atoms with E-state index >= 15 is 0 Å². The average molecular weight is 300 g/mol. The minimum Gasteiger partial charge on any atom is -0.328 e. The summed E-state index contributed by atoms with van der Waals surface area (Å²) < 4.78 is 37.8. The topological polar surface area (TPSA) is 49.4 Å². The lowest BCUT2D eigenvalue weighted by molar-refractivity contribution is -0.188. The van der Waals surface area contributed by atoms with Gasteiger partial charge >= 0.3 is 12.1 Å². The standard InChI is InChI=1S/C14H15F3N2O2/c1-8-5-10-3-4-12(18-9(2)20)6-11(10)7-19(8)13(21)14(15,16)17/h3-4,6,8H,5,7H2,1-2H3,(H,18,20). The van der Waals surface area contributed by atoms with Gasteiger partial charge in [-0.05, 0) is 36.6 Å². The van der Waals surface area contributed by atoms with E-state index in [2.05, 4.69) is 5.32 Å². The van der Waals surface area contributed by atoms with Crippen molar-refractivity contribution in [3.8, 4) is 0 Å². The SMILES string of the molecule is CC(=O)Nc1ccc2c(c1)CN(C(=O)C(F)(F)F)C(C)C2. The number of halogens is 3. The smallest absolute Gasteiger partial charge is 0.328 e. The van der Waals surface area contributed by atoms with Gasteiger partial charge in [0.2, 0.25) is 5.91 Å². The Labute approximate surface area is 119 Å². The molecule has 0 fully saturated rings. The maximum atomic E-state index is 12.6. The maximum Gasteiger partial charge on any atom is 0.471 e. The van der Waals surface area contributed by atoms with Crippen molar-refractivity contribution in [1.29, 1.82) is 0 Å². The highest BCUT2D eigenvalue weighted by Crippen LogP contribution is 2.29. The van der Waals surface area contributed by atoms with Crippen LogP contribution in [0.15, 0.2) is 18.2 Å². The Morgan fingerprint density at radius 2 is 1.95 bits per heavy atom. The number of benzene rings is 1. The van der Waals surface area contributed by atoms with Crippen molar-refractivity contribution in [2.45, 2.75) is 39.0 Å². The van der Waals surface area contributed by atoms with Gasteiger partial charge in [-0.3, -0.25) is 9.59 Å². The number of carbonyl (C=O) groups excluding carboxylic acids is 2. The quantitative estimate of drug-likeness (QED) is 0.866. The summed E-state index contributed by atoms with van der Waals surface area (Å²) in [4.78, 5) is 23.3. The molecule has 1 aromatic carbocycles. The zero-order valence-electron chi connectivity index (χ0n) is 11.6. The van der Waals surface area contributed by atoms with Crippen molar-refractivity contribution in [3.63, 3.8) is 0 Å². The molecule has 1 aliphatic rings. The van der Waals surface area contributed by atoms with Crippen LogP contribution in [0, 0.1) is 0 Å². The van der Waals surface area contributed by atoms with Crippen molar-refractivity contribution in [2.75, 3.05) is 5.32 Å². The van der Waals surface area contributed by atoms with Crippen LogP contribution in [-0.4, -0.2) is 28.9 Å². The Hall–Kier alpha value is -2.05. The van der Waals surface area contributed by atoms with Crippen LogP contribution in [0.25, 0.3) is 0 Å². The summed E-state index contributed by atoms with van der Waals surface area (Å²) >= 11 is 0. The van der Waals surface area contributed by atoms with Gasteiger partial charge in [-0.2, -0.15) is 13.2 Å². The highest BCUT2D eigenvalue weighted by atomic mass is 19.4. The van der Waals surface area contributed by atoms with E-state index in [1.165, 1.54) is 6.92 Å². The summed E-state index contributed by atoms with van der Waals surface area (Å²) in [5, 5.41) is 2.58. The van der Waals surface area contributed by atoms with E-state index in [1.807, 2.05) is 0 Å². The Morgan fingerprint density at radius 3 is 2.52 bits per heavy atom. The molecule has 2 amide bonds. The van der Waals surface area contributed by atoms with Crippen LogP contribution in [0.1, 0.15) is 25.0 Å². The number of carbonyl (C=O) groups is 2. The third-order valence-electron chi connectivity index (χ3n) is 3.42. The lowest BCUT2D eigenvalue weighted by Gasteiger charge is -2.35. The van der Waals surface area contributed by atoms with Gasteiger partial charge in [-0.15, -0.1) is 0 Å². The van der Waals surface area contributed by atoms with Gasteiger partial charge in [0.1, 0.15) is 0 Å². The Morgan fingerprint density at radius 1 is 1.29 bits per heavy atom. The van der Waals surface area contributed by atoms with E-state index in [9.17, 15) is 22.8 Å². The first-order chi connectivity index (χ1) is 9.68. The molecule has 2 rings (SSSR count). The first kappa shape index (κ1) is 15.3. The normalized spacial score (nSPS) is 18.1. The zero-order valence-corrected chi connectivity index (χ0v) is 11.6. The monoisotopic (exact) mass is 300 g/mol. The summed E-state index contributed by atoms with van der Waals surface area (Å²) in [6, 6.07) is 4.57. The van der Waals surface area contributed by atoms with Crippen LogP contribution in [0.3, 0.4) is 0 Å². The summed E-state index contributed by atoms with van der Waals surface area (Å²) in [5.41, 5.74) is 2.02. The van der Waals surface area contributed by atoms with Gasteiger partial charge in [0, 0.05) is 25.2 Å². The molecule has 0 bridgehead atoms. The number of hydrogen-bond acceptors (Lipinski definition) is 2. The molecule has 0 saturated heterocycles. The molecule has 21 heavy (non-hydrogen) atoms. The van der Waals surface area contributed by atoms with Crippen molar-refractivity contribution in [3.05, 3.63) is 29.3 Å². The Balaban J connectivity index is 2.27. The van der Waals surface area contributed by atoms with E-state index in [4.69, 9.17) is 0 Å².